The topological polar surface area (TPSA) is 63.1 Å². The Balaban J connectivity index is 2.74. The lowest BCUT2D eigenvalue weighted by Gasteiger charge is -1.94. The number of carbonyl (C=O) groups excluding carboxylic acids is 1. The molecule has 1 N–H and O–H groups in total. The summed E-state index contributed by atoms with van der Waals surface area (Å²) in [6, 6.07) is 0. The van der Waals surface area contributed by atoms with Gasteiger partial charge in [0.05, 0.1) is 18.8 Å². The lowest BCUT2D eigenvalue weighted by atomic mass is 10.3. The fourth-order valence-electron chi connectivity index (χ4n) is 0.662. The van der Waals surface area contributed by atoms with E-state index in [9.17, 15) is 4.79 Å². The number of ketones is 1. The number of hydrogen-bond donors (Lipinski definition) is 1. The van der Waals surface area contributed by atoms with Gasteiger partial charge in [-0.25, -0.2) is 9.97 Å². The smallest absolute Gasteiger partial charge is 0.152 e. The van der Waals surface area contributed by atoms with Crippen LogP contribution in [0.2, 0.25) is 0 Å². The zero-order chi connectivity index (χ0) is 8.27. The highest BCUT2D eigenvalue weighted by Gasteiger charge is 1.99. The van der Waals surface area contributed by atoms with Crippen molar-refractivity contribution in [2.24, 2.45) is 0 Å². The summed E-state index contributed by atoms with van der Waals surface area (Å²) in [4.78, 5) is 18.0. The Morgan fingerprint density at radius 2 is 2.09 bits per heavy atom. The number of aromatic nitrogens is 2. The Labute approximate surface area is 63.9 Å². The van der Waals surface area contributed by atoms with E-state index in [1.807, 2.05) is 0 Å². The van der Waals surface area contributed by atoms with Gasteiger partial charge in [-0.1, -0.05) is 0 Å². The van der Waals surface area contributed by atoms with Crippen LogP contribution in [0.1, 0.15) is 12.7 Å². The van der Waals surface area contributed by atoms with Gasteiger partial charge in [0.2, 0.25) is 0 Å². The van der Waals surface area contributed by atoms with Crippen LogP contribution in [0, 0.1) is 0 Å². The fourth-order valence-corrected chi connectivity index (χ4v) is 0.662. The minimum Gasteiger partial charge on any atom is -0.505 e. The van der Waals surface area contributed by atoms with E-state index in [0.29, 0.717) is 5.82 Å². The second kappa shape index (κ2) is 3.09. The van der Waals surface area contributed by atoms with E-state index in [1.165, 1.54) is 19.3 Å². The predicted octanol–water partition coefficient (Wildman–Crippen LogP) is 0.314. The van der Waals surface area contributed by atoms with Crippen molar-refractivity contribution >= 4 is 5.78 Å². The molecule has 1 aromatic heterocycles. The molecule has 0 aliphatic heterocycles. The average molecular weight is 152 g/mol. The minimum absolute atomic E-state index is 0.00990. The second-order valence-corrected chi connectivity index (χ2v) is 2.24. The minimum atomic E-state index is 0.00990. The maximum Gasteiger partial charge on any atom is 0.152 e. The van der Waals surface area contributed by atoms with E-state index >= 15 is 0 Å². The maximum atomic E-state index is 10.6. The van der Waals surface area contributed by atoms with E-state index in [4.69, 9.17) is 5.11 Å². The van der Waals surface area contributed by atoms with Crippen molar-refractivity contribution in [2.45, 2.75) is 13.3 Å². The number of hydrogen-bond acceptors (Lipinski definition) is 4. The lowest BCUT2D eigenvalue weighted by Crippen LogP contribution is -2.00. The van der Waals surface area contributed by atoms with Gasteiger partial charge in [0.15, 0.2) is 5.75 Å². The predicted molar refractivity (Wildman–Crippen MR) is 38.1 cm³/mol. The Hall–Kier alpha value is -1.45. The van der Waals surface area contributed by atoms with Crippen molar-refractivity contribution in [2.75, 3.05) is 0 Å². The lowest BCUT2D eigenvalue weighted by molar-refractivity contribution is -0.116. The molecule has 0 saturated heterocycles. The molecular weight excluding hydrogens is 144 g/mol. The van der Waals surface area contributed by atoms with Gasteiger partial charge in [-0.2, -0.15) is 0 Å². The van der Waals surface area contributed by atoms with E-state index in [2.05, 4.69) is 9.97 Å². The molecule has 0 aromatic carbocycles. The molecule has 1 aromatic rings. The summed E-state index contributed by atoms with van der Waals surface area (Å²) in [5.41, 5.74) is 0. The molecule has 0 unspecified atom stereocenters. The molecule has 0 fully saturated rings. The summed E-state index contributed by atoms with van der Waals surface area (Å²) in [7, 11) is 0. The monoisotopic (exact) mass is 152 g/mol. The summed E-state index contributed by atoms with van der Waals surface area (Å²) < 4.78 is 0. The SMILES string of the molecule is CC(=O)Cc1ncc(O)cn1. The zero-order valence-corrected chi connectivity index (χ0v) is 6.11. The molecule has 0 aliphatic rings. The van der Waals surface area contributed by atoms with Crippen molar-refractivity contribution in [1.82, 2.24) is 9.97 Å². The summed E-state index contributed by atoms with van der Waals surface area (Å²) in [6.07, 6.45) is 2.76. The summed E-state index contributed by atoms with van der Waals surface area (Å²) in [5.74, 6) is 0.461. The van der Waals surface area contributed by atoms with Crippen molar-refractivity contribution in [3.8, 4) is 5.75 Å². The van der Waals surface area contributed by atoms with E-state index in [1.54, 1.807) is 0 Å². The molecule has 0 amide bonds. The normalized spacial score (nSPS) is 9.55. The van der Waals surface area contributed by atoms with Gasteiger partial charge in [-0.3, -0.25) is 4.79 Å². The Bertz CT molecular complexity index is 256. The highest BCUT2D eigenvalue weighted by Crippen LogP contribution is 2.02. The molecule has 4 heteroatoms. The highest BCUT2D eigenvalue weighted by molar-refractivity contribution is 5.77. The Morgan fingerprint density at radius 3 is 2.55 bits per heavy atom. The van der Waals surface area contributed by atoms with Crippen molar-refractivity contribution in [3.63, 3.8) is 0 Å². The van der Waals surface area contributed by atoms with Crippen LogP contribution in [0.4, 0.5) is 0 Å². The number of aromatic hydroxyl groups is 1. The van der Waals surface area contributed by atoms with Crippen molar-refractivity contribution in [3.05, 3.63) is 18.2 Å². The standard InChI is InChI=1S/C7H8N2O2/c1-5(10)2-7-8-3-6(11)4-9-7/h3-4,11H,2H2,1H3. The fraction of sp³-hybridized carbons (Fsp3) is 0.286. The van der Waals surface area contributed by atoms with Gasteiger partial charge >= 0.3 is 0 Å². The number of nitrogens with zero attached hydrogens (tertiary/aromatic N) is 2. The first kappa shape index (κ1) is 7.65. The summed E-state index contributed by atoms with van der Waals surface area (Å²) >= 11 is 0. The molecule has 0 aliphatic carbocycles. The van der Waals surface area contributed by atoms with Gasteiger partial charge < -0.3 is 5.11 Å². The molecule has 58 valence electrons. The van der Waals surface area contributed by atoms with Crippen LogP contribution in [0.5, 0.6) is 5.75 Å². The third-order valence-corrected chi connectivity index (χ3v) is 1.10. The van der Waals surface area contributed by atoms with Crippen molar-refractivity contribution in [1.29, 1.82) is 0 Å². The molecule has 1 heterocycles. The van der Waals surface area contributed by atoms with Gasteiger partial charge in [-0.15, -0.1) is 0 Å². The van der Waals surface area contributed by atoms with Gasteiger partial charge in [-0.05, 0) is 6.92 Å². The van der Waals surface area contributed by atoms with E-state index < -0.39 is 0 Å². The van der Waals surface area contributed by atoms with Crippen LogP contribution in [0.15, 0.2) is 12.4 Å². The van der Waals surface area contributed by atoms with Crippen LogP contribution < -0.4 is 0 Å². The van der Waals surface area contributed by atoms with Gasteiger partial charge in [0.25, 0.3) is 0 Å². The number of Topliss-reactive ketones (excluding diaryl/α,β-unsaturated/α-hetero) is 1. The third-order valence-electron chi connectivity index (χ3n) is 1.10. The number of carbonyl (C=O) groups is 1. The zero-order valence-electron chi connectivity index (χ0n) is 6.11. The van der Waals surface area contributed by atoms with Crippen LogP contribution >= 0.6 is 0 Å². The van der Waals surface area contributed by atoms with Gasteiger partial charge in [0, 0.05) is 0 Å². The van der Waals surface area contributed by atoms with Crippen LogP contribution in [0.3, 0.4) is 0 Å². The average Bonchev–Trinajstić information content (AvgIpc) is 1.93. The molecule has 0 saturated carbocycles. The maximum absolute atomic E-state index is 10.6. The second-order valence-electron chi connectivity index (χ2n) is 2.24. The largest absolute Gasteiger partial charge is 0.505 e. The first-order valence-electron chi connectivity index (χ1n) is 3.18. The Morgan fingerprint density at radius 1 is 1.55 bits per heavy atom. The quantitative estimate of drug-likeness (QED) is 0.662. The van der Waals surface area contributed by atoms with Crippen LogP contribution in [-0.2, 0) is 11.2 Å². The highest BCUT2D eigenvalue weighted by atomic mass is 16.3. The molecule has 0 radical (unpaired) electrons. The van der Waals surface area contributed by atoms with E-state index in [0.717, 1.165) is 0 Å². The summed E-state index contributed by atoms with van der Waals surface area (Å²) in [5, 5.41) is 8.78. The van der Waals surface area contributed by atoms with Crippen LogP contribution in [-0.4, -0.2) is 20.9 Å². The first-order valence-corrected chi connectivity index (χ1v) is 3.18. The molecule has 1 rings (SSSR count). The van der Waals surface area contributed by atoms with Gasteiger partial charge in [0.1, 0.15) is 11.6 Å². The molecule has 0 spiro atoms. The van der Waals surface area contributed by atoms with Crippen LogP contribution in [0.25, 0.3) is 0 Å². The summed E-state index contributed by atoms with van der Waals surface area (Å²) in [6.45, 7) is 1.47. The molecule has 0 bridgehead atoms. The third kappa shape index (κ3) is 2.33. The molecule has 4 nitrogen and oxygen atoms in total. The Kier molecular flexibility index (Phi) is 2.15. The molecule has 11 heavy (non-hydrogen) atoms. The molecule has 0 atom stereocenters. The van der Waals surface area contributed by atoms with E-state index in [-0.39, 0.29) is 18.0 Å². The van der Waals surface area contributed by atoms with Crippen molar-refractivity contribution < 1.29 is 9.90 Å². The number of rotatable bonds is 2. The molecular formula is C7H8N2O2. The first-order chi connectivity index (χ1) is 5.18.